The van der Waals surface area contributed by atoms with Gasteiger partial charge in [0.05, 0.1) is 0 Å². The number of hydrogen-bond donors (Lipinski definition) is 0. The van der Waals surface area contributed by atoms with E-state index in [1.165, 1.54) is 0 Å². The van der Waals surface area contributed by atoms with E-state index in [1.807, 2.05) is 6.92 Å². The summed E-state index contributed by atoms with van der Waals surface area (Å²) >= 11 is 0. The second-order valence-corrected chi connectivity index (χ2v) is 1.30. The van der Waals surface area contributed by atoms with Gasteiger partial charge in [0.25, 0.3) is 0 Å². The van der Waals surface area contributed by atoms with Crippen LogP contribution in [0.15, 0.2) is 0 Å². The molecule has 0 spiro atoms. The van der Waals surface area contributed by atoms with Gasteiger partial charge in [-0.1, -0.05) is 0 Å². The molecule has 1 radical (unpaired) electrons. The van der Waals surface area contributed by atoms with Crippen LogP contribution in [0.5, 0.6) is 0 Å². The molecule has 0 unspecified atom stereocenters. The van der Waals surface area contributed by atoms with Gasteiger partial charge in [0, 0.05) is 19.8 Å². The van der Waals surface area contributed by atoms with E-state index in [-0.39, 0.29) is 0 Å². The highest BCUT2D eigenvalue weighted by atomic mass is 16.5. The lowest BCUT2D eigenvalue weighted by Gasteiger charge is -1.94. The summed E-state index contributed by atoms with van der Waals surface area (Å²) < 4.78 is 4.95. The van der Waals surface area contributed by atoms with Crippen LogP contribution in [0.1, 0.15) is 13.3 Å². The van der Waals surface area contributed by atoms with E-state index >= 15 is 0 Å². The lowest BCUT2D eigenvalue weighted by Crippen LogP contribution is -1.96. The van der Waals surface area contributed by atoms with Crippen molar-refractivity contribution >= 4 is 0 Å². The van der Waals surface area contributed by atoms with Crippen molar-refractivity contribution in [1.82, 2.24) is 5.73 Å². The van der Waals surface area contributed by atoms with Crippen LogP contribution in [0.2, 0.25) is 0 Å². The highest BCUT2D eigenvalue weighted by molar-refractivity contribution is 4.31. The normalized spacial score (nSPS) is 9.43. The Balaban J connectivity index is 2.45. The molecule has 43 valence electrons. The first-order valence-corrected chi connectivity index (χ1v) is 2.64. The summed E-state index contributed by atoms with van der Waals surface area (Å²) in [5, 5.41) is 0. The number of rotatable bonds is 4. The molecule has 0 rings (SSSR count). The van der Waals surface area contributed by atoms with Crippen LogP contribution in [0.4, 0.5) is 0 Å². The largest absolute Gasteiger partial charge is 0.382 e. The first kappa shape index (κ1) is 6.92. The third-order valence-electron chi connectivity index (χ3n) is 0.670. The van der Waals surface area contributed by atoms with Crippen LogP contribution >= 0.6 is 0 Å². The Bertz CT molecular complexity index is 27.3. The van der Waals surface area contributed by atoms with Crippen molar-refractivity contribution < 1.29 is 4.74 Å². The van der Waals surface area contributed by atoms with Gasteiger partial charge in [0.2, 0.25) is 0 Å². The molecule has 1 N–H and O–H groups in total. The molecular formula is C5H12NO. The lowest BCUT2D eigenvalue weighted by atomic mass is 10.5. The molecule has 0 heterocycles. The minimum atomic E-state index is 0.486. The van der Waals surface area contributed by atoms with Crippen LogP contribution in [0, 0.1) is 0 Å². The molecule has 0 aromatic heterocycles. The Morgan fingerprint density at radius 3 is 2.71 bits per heavy atom. The molecule has 0 saturated heterocycles. The van der Waals surface area contributed by atoms with Gasteiger partial charge in [-0.05, 0) is 13.3 Å². The quantitative estimate of drug-likeness (QED) is 0.481. The van der Waals surface area contributed by atoms with Crippen LogP contribution in [0.25, 0.3) is 0 Å². The standard InChI is InChI=1S/C5H12NO/c1-2-7-5-3-4-6/h6H,2-5H2,1H3. The zero-order chi connectivity index (χ0) is 5.54. The number of hydrogen-bond acceptors (Lipinski definition) is 1. The summed E-state index contributed by atoms with van der Waals surface area (Å²) in [5.41, 5.74) is 6.70. The van der Waals surface area contributed by atoms with Crippen molar-refractivity contribution in [3.05, 3.63) is 0 Å². The Kier molecular flexibility index (Phi) is 5.85. The SMILES string of the molecule is CCOCCC[NH]. The fourth-order valence-corrected chi connectivity index (χ4v) is 0.319. The second-order valence-electron chi connectivity index (χ2n) is 1.30. The Labute approximate surface area is 44.7 Å². The maximum absolute atomic E-state index is 6.70. The molecule has 0 aromatic rings. The zero-order valence-electron chi connectivity index (χ0n) is 4.74. The molecule has 0 aliphatic carbocycles. The number of nitrogens with one attached hydrogen (secondary N) is 1. The van der Waals surface area contributed by atoms with Gasteiger partial charge in [0.15, 0.2) is 0 Å². The maximum Gasteiger partial charge on any atom is 0.0478 e. The molecular weight excluding hydrogens is 90.1 g/mol. The maximum atomic E-state index is 6.70. The summed E-state index contributed by atoms with van der Waals surface area (Å²) in [6.45, 7) is 3.98. The van der Waals surface area contributed by atoms with Gasteiger partial charge in [-0.15, -0.1) is 0 Å². The van der Waals surface area contributed by atoms with Gasteiger partial charge < -0.3 is 4.74 Å². The van der Waals surface area contributed by atoms with E-state index in [4.69, 9.17) is 10.5 Å². The molecule has 0 atom stereocenters. The summed E-state index contributed by atoms with van der Waals surface area (Å²) in [6.07, 6.45) is 0.869. The van der Waals surface area contributed by atoms with Crippen molar-refractivity contribution in [2.24, 2.45) is 0 Å². The smallest absolute Gasteiger partial charge is 0.0478 e. The summed E-state index contributed by atoms with van der Waals surface area (Å²) in [5.74, 6) is 0. The molecule has 2 heteroatoms. The minimum Gasteiger partial charge on any atom is -0.382 e. The highest BCUT2D eigenvalue weighted by Gasteiger charge is 1.79. The van der Waals surface area contributed by atoms with Crippen LogP contribution in [0.3, 0.4) is 0 Å². The Hall–Kier alpha value is -0.0800. The fraction of sp³-hybridized carbons (Fsp3) is 1.00. The molecule has 0 aromatic carbocycles. The molecule has 0 fully saturated rings. The summed E-state index contributed by atoms with van der Waals surface area (Å²) in [6, 6.07) is 0. The van der Waals surface area contributed by atoms with Crippen molar-refractivity contribution in [3.63, 3.8) is 0 Å². The lowest BCUT2D eigenvalue weighted by molar-refractivity contribution is 0.146. The molecule has 0 bridgehead atoms. The van der Waals surface area contributed by atoms with E-state index in [2.05, 4.69) is 0 Å². The van der Waals surface area contributed by atoms with E-state index in [9.17, 15) is 0 Å². The van der Waals surface area contributed by atoms with Crippen LogP contribution in [-0.4, -0.2) is 19.8 Å². The van der Waals surface area contributed by atoms with Gasteiger partial charge in [-0.25, -0.2) is 0 Å². The molecule has 0 aliphatic heterocycles. The van der Waals surface area contributed by atoms with Gasteiger partial charge in [0.1, 0.15) is 0 Å². The molecule has 0 amide bonds. The summed E-state index contributed by atoms with van der Waals surface area (Å²) in [7, 11) is 0. The topological polar surface area (TPSA) is 33.0 Å². The van der Waals surface area contributed by atoms with E-state index < -0.39 is 0 Å². The number of ether oxygens (including phenoxy) is 1. The van der Waals surface area contributed by atoms with Crippen molar-refractivity contribution in [3.8, 4) is 0 Å². The van der Waals surface area contributed by atoms with E-state index in [0.717, 1.165) is 19.6 Å². The van der Waals surface area contributed by atoms with Crippen molar-refractivity contribution in [2.45, 2.75) is 13.3 Å². The van der Waals surface area contributed by atoms with Crippen molar-refractivity contribution in [2.75, 3.05) is 19.8 Å². The van der Waals surface area contributed by atoms with Gasteiger partial charge in [-0.3, -0.25) is 5.73 Å². The molecule has 2 nitrogen and oxygen atoms in total. The first-order chi connectivity index (χ1) is 3.41. The third-order valence-corrected chi connectivity index (χ3v) is 0.670. The molecule has 7 heavy (non-hydrogen) atoms. The van der Waals surface area contributed by atoms with Crippen LogP contribution < -0.4 is 5.73 Å². The van der Waals surface area contributed by atoms with Gasteiger partial charge >= 0.3 is 0 Å². The minimum absolute atomic E-state index is 0.486. The predicted molar refractivity (Wildman–Crippen MR) is 29.1 cm³/mol. The summed E-state index contributed by atoms with van der Waals surface area (Å²) in [4.78, 5) is 0. The highest BCUT2D eigenvalue weighted by Crippen LogP contribution is 1.76. The first-order valence-electron chi connectivity index (χ1n) is 2.64. The Morgan fingerprint density at radius 2 is 2.29 bits per heavy atom. The monoisotopic (exact) mass is 102 g/mol. The third kappa shape index (κ3) is 5.92. The van der Waals surface area contributed by atoms with E-state index in [1.54, 1.807) is 0 Å². The van der Waals surface area contributed by atoms with Crippen molar-refractivity contribution in [1.29, 1.82) is 0 Å². The van der Waals surface area contributed by atoms with Crippen LogP contribution in [-0.2, 0) is 4.74 Å². The zero-order valence-corrected chi connectivity index (χ0v) is 4.74. The average Bonchev–Trinajstić information content (AvgIpc) is 1.69. The molecule has 0 aliphatic rings. The molecule has 0 saturated carbocycles. The fourth-order valence-electron chi connectivity index (χ4n) is 0.319. The predicted octanol–water partition coefficient (Wildman–Crippen LogP) is 0.696. The average molecular weight is 102 g/mol. The Morgan fingerprint density at radius 1 is 1.57 bits per heavy atom. The van der Waals surface area contributed by atoms with Gasteiger partial charge in [-0.2, -0.15) is 0 Å². The second kappa shape index (κ2) is 5.92. The van der Waals surface area contributed by atoms with E-state index in [0.29, 0.717) is 6.54 Å².